The van der Waals surface area contributed by atoms with Gasteiger partial charge in [-0.2, -0.15) is 18.2 Å². The molecule has 2 aromatic heterocycles. The molecule has 2 bridgehead atoms. The van der Waals surface area contributed by atoms with E-state index in [2.05, 4.69) is 14.9 Å². The summed E-state index contributed by atoms with van der Waals surface area (Å²) in [5.41, 5.74) is -1.81. The second kappa shape index (κ2) is 7.88. The van der Waals surface area contributed by atoms with Gasteiger partial charge in [0.2, 0.25) is 5.88 Å². The molecule has 0 N–H and O–H groups in total. The fraction of sp³-hybridized carbons (Fsp3) is 0.348. The zero-order valence-electron chi connectivity index (χ0n) is 18.4. The fourth-order valence-corrected chi connectivity index (χ4v) is 4.96. The lowest BCUT2D eigenvalue weighted by Gasteiger charge is -2.32. The van der Waals surface area contributed by atoms with E-state index in [1.807, 2.05) is 0 Å². The maximum Gasteiger partial charge on any atom is 0.418 e. The molecule has 2 saturated heterocycles. The minimum absolute atomic E-state index is 0.00294. The van der Waals surface area contributed by atoms with E-state index in [0.29, 0.717) is 37.8 Å². The molecule has 1 spiro atoms. The number of alkyl halides is 3. The van der Waals surface area contributed by atoms with Gasteiger partial charge >= 0.3 is 11.9 Å². The van der Waals surface area contributed by atoms with Gasteiger partial charge in [0.1, 0.15) is 18.2 Å². The molecule has 5 heterocycles. The number of nitrogens with zero attached hydrogens (tertiary/aromatic N) is 4. The van der Waals surface area contributed by atoms with E-state index in [-0.39, 0.29) is 29.7 Å². The summed E-state index contributed by atoms with van der Waals surface area (Å²) >= 11 is 0. The van der Waals surface area contributed by atoms with E-state index < -0.39 is 40.6 Å². The minimum Gasteiger partial charge on any atom is -0.473 e. The van der Waals surface area contributed by atoms with Gasteiger partial charge in [-0.15, -0.1) is 0 Å². The van der Waals surface area contributed by atoms with Crippen LogP contribution in [-0.2, 0) is 24.1 Å². The average Bonchev–Trinajstić information content (AvgIpc) is 3.48. The number of pyridine rings is 1. The van der Waals surface area contributed by atoms with Crippen LogP contribution in [0, 0.1) is 11.6 Å². The molecule has 6 rings (SSSR count). The van der Waals surface area contributed by atoms with Gasteiger partial charge in [-0.1, -0.05) is 0 Å². The number of ether oxygens (including phenoxy) is 3. The zero-order chi connectivity index (χ0) is 25.2. The van der Waals surface area contributed by atoms with Gasteiger partial charge in [0.25, 0.3) is 0 Å². The zero-order valence-corrected chi connectivity index (χ0v) is 18.4. The molecule has 2 atom stereocenters. The Bertz CT molecular complexity index is 1410. The summed E-state index contributed by atoms with van der Waals surface area (Å²) in [6.45, 7) is 1.34. The van der Waals surface area contributed by atoms with E-state index in [1.54, 1.807) is 10.6 Å². The van der Waals surface area contributed by atoms with Crippen LogP contribution >= 0.6 is 0 Å². The lowest BCUT2D eigenvalue weighted by atomic mass is 10.0. The van der Waals surface area contributed by atoms with E-state index in [4.69, 9.17) is 14.2 Å². The molecule has 3 aliphatic heterocycles. The first-order valence-corrected chi connectivity index (χ1v) is 10.9. The number of hydrogen-bond donors (Lipinski definition) is 0. The Morgan fingerprint density at radius 3 is 2.64 bits per heavy atom. The summed E-state index contributed by atoms with van der Waals surface area (Å²) in [7, 11) is 0. The van der Waals surface area contributed by atoms with Crippen molar-refractivity contribution in [3.63, 3.8) is 0 Å². The Kier molecular flexibility index (Phi) is 4.97. The molecule has 8 nitrogen and oxygen atoms in total. The lowest BCUT2D eigenvalue weighted by molar-refractivity contribution is -0.137. The number of halogens is 5. The van der Waals surface area contributed by atoms with Crippen LogP contribution in [0.3, 0.4) is 0 Å². The van der Waals surface area contributed by atoms with Gasteiger partial charge < -0.3 is 19.1 Å². The molecule has 0 radical (unpaired) electrons. The first-order valence-electron chi connectivity index (χ1n) is 10.9. The SMILES string of the molecule is O=c1nc(OCc2cc(F)c(Oc3cncc(C(F)(F)F)c3)c(F)c2)cc2n1C[C@@]13CO[C@@H](CN21)C3. The van der Waals surface area contributed by atoms with Crippen LogP contribution in [0.2, 0.25) is 0 Å². The molecule has 0 unspecified atom stereocenters. The topological polar surface area (TPSA) is 78.7 Å². The molecular weight excluding hydrogens is 491 g/mol. The van der Waals surface area contributed by atoms with Gasteiger partial charge in [0.05, 0.1) is 36.6 Å². The van der Waals surface area contributed by atoms with Crippen molar-refractivity contribution in [2.75, 3.05) is 18.1 Å². The molecule has 188 valence electrons. The minimum atomic E-state index is -4.69. The Balaban J connectivity index is 1.19. The van der Waals surface area contributed by atoms with Crippen molar-refractivity contribution < 1.29 is 36.2 Å². The smallest absolute Gasteiger partial charge is 0.418 e. The van der Waals surface area contributed by atoms with Gasteiger partial charge in [-0.3, -0.25) is 9.55 Å². The third-order valence-corrected chi connectivity index (χ3v) is 6.55. The van der Waals surface area contributed by atoms with Crippen molar-refractivity contribution in [2.45, 2.75) is 37.4 Å². The molecule has 0 amide bonds. The maximum atomic E-state index is 14.6. The fourth-order valence-electron chi connectivity index (χ4n) is 4.96. The predicted octanol–water partition coefficient (Wildman–Crippen LogP) is 3.67. The van der Waals surface area contributed by atoms with E-state index >= 15 is 0 Å². The van der Waals surface area contributed by atoms with Crippen molar-refractivity contribution >= 4 is 5.82 Å². The second-order valence-corrected chi connectivity index (χ2v) is 8.98. The number of fused-ring (bicyclic) bond motifs is 3. The number of hydrogen-bond acceptors (Lipinski definition) is 7. The van der Waals surface area contributed by atoms with E-state index in [1.165, 1.54) is 0 Å². The quantitative estimate of drug-likeness (QED) is 0.487. The summed E-state index contributed by atoms with van der Waals surface area (Å²) in [5, 5.41) is 0. The third kappa shape index (κ3) is 3.74. The van der Waals surface area contributed by atoms with E-state index in [0.717, 1.165) is 24.8 Å². The number of anilines is 1. The molecular formula is C23H17F5N4O4. The normalized spacial score (nSPS) is 22.0. The standard InChI is InChI=1S/C23H17F5N4O4/c24-16-1-12(2-17(25)20(16)36-14-3-13(6-29-7-14)23(26,27)28)9-34-18-4-19-31(21(33)30-18)10-22-5-15(35-11-22)8-32(19)22/h1-4,6-7,15H,5,8-11H2/t15-,22+/m1/s1. The number of morpholine rings is 1. The van der Waals surface area contributed by atoms with Crippen LogP contribution in [0.5, 0.6) is 17.4 Å². The van der Waals surface area contributed by atoms with Crippen LogP contribution in [-0.4, -0.2) is 39.3 Å². The Hall–Kier alpha value is -3.74. The van der Waals surface area contributed by atoms with Crippen molar-refractivity contribution in [1.82, 2.24) is 14.5 Å². The number of aromatic nitrogens is 3. The highest BCUT2D eigenvalue weighted by Crippen LogP contribution is 2.46. The summed E-state index contributed by atoms with van der Waals surface area (Å²) in [6.07, 6.45) is -2.27. The summed E-state index contributed by atoms with van der Waals surface area (Å²) in [4.78, 5) is 22.0. The molecule has 3 aromatic rings. The van der Waals surface area contributed by atoms with Gasteiger partial charge in [-0.25, -0.2) is 13.6 Å². The summed E-state index contributed by atoms with van der Waals surface area (Å²) < 4.78 is 85.5. The summed E-state index contributed by atoms with van der Waals surface area (Å²) in [6, 6.07) is 4.04. The van der Waals surface area contributed by atoms with E-state index in [9.17, 15) is 26.7 Å². The average molecular weight is 508 g/mol. The lowest BCUT2D eigenvalue weighted by Crippen LogP contribution is -2.46. The Morgan fingerprint density at radius 2 is 1.92 bits per heavy atom. The Labute approximate surface area is 199 Å². The highest BCUT2D eigenvalue weighted by Gasteiger charge is 2.56. The Morgan fingerprint density at radius 1 is 1.14 bits per heavy atom. The van der Waals surface area contributed by atoms with Gasteiger partial charge in [0.15, 0.2) is 17.4 Å². The molecule has 0 aliphatic carbocycles. The van der Waals surface area contributed by atoms with Crippen LogP contribution in [0.1, 0.15) is 17.5 Å². The largest absolute Gasteiger partial charge is 0.473 e. The predicted molar refractivity (Wildman–Crippen MR) is 113 cm³/mol. The van der Waals surface area contributed by atoms with Crippen LogP contribution in [0.15, 0.2) is 41.5 Å². The molecule has 13 heteroatoms. The van der Waals surface area contributed by atoms with Crippen LogP contribution in [0.25, 0.3) is 0 Å². The first-order chi connectivity index (χ1) is 17.1. The first kappa shape index (κ1) is 22.7. The van der Waals surface area contributed by atoms with Gasteiger partial charge in [-0.05, 0) is 23.8 Å². The van der Waals surface area contributed by atoms with Crippen molar-refractivity contribution in [1.29, 1.82) is 0 Å². The van der Waals surface area contributed by atoms with Crippen molar-refractivity contribution in [3.8, 4) is 17.4 Å². The number of rotatable bonds is 5. The number of benzene rings is 1. The highest BCUT2D eigenvalue weighted by atomic mass is 19.4. The molecule has 1 aromatic carbocycles. The maximum absolute atomic E-state index is 14.6. The van der Waals surface area contributed by atoms with Crippen LogP contribution in [0.4, 0.5) is 27.8 Å². The molecule has 2 fully saturated rings. The summed E-state index contributed by atoms with van der Waals surface area (Å²) in [5.74, 6) is -3.00. The van der Waals surface area contributed by atoms with Crippen molar-refractivity contribution in [3.05, 3.63) is 69.9 Å². The van der Waals surface area contributed by atoms with Crippen molar-refractivity contribution in [2.24, 2.45) is 0 Å². The van der Waals surface area contributed by atoms with Gasteiger partial charge in [0, 0.05) is 25.2 Å². The highest BCUT2D eigenvalue weighted by molar-refractivity contribution is 5.52. The molecule has 3 aliphatic rings. The monoisotopic (exact) mass is 508 g/mol. The second-order valence-electron chi connectivity index (χ2n) is 8.98. The third-order valence-electron chi connectivity index (χ3n) is 6.55. The van der Waals surface area contributed by atoms with Crippen LogP contribution < -0.4 is 20.1 Å². The molecule has 0 saturated carbocycles. The molecule has 36 heavy (non-hydrogen) atoms.